The quantitative estimate of drug-likeness (QED) is 0.304. The van der Waals surface area contributed by atoms with Gasteiger partial charge < -0.3 is 15.0 Å². The number of esters is 1. The van der Waals surface area contributed by atoms with Crippen LogP contribution in [0, 0.1) is 5.92 Å². The van der Waals surface area contributed by atoms with Crippen LogP contribution in [-0.4, -0.2) is 53.1 Å². The van der Waals surface area contributed by atoms with Gasteiger partial charge in [0.25, 0.3) is 5.91 Å². The summed E-state index contributed by atoms with van der Waals surface area (Å²) in [5, 5.41) is 3.03. The summed E-state index contributed by atoms with van der Waals surface area (Å²) in [6, 6.07) is 15.0. The number of anilines is 1. The van der Waals surface area contributed by atoms with Gasteiger partial charge in [-0.05, 0) is 43.2 Å². The monoisotopic (exact) mass is 483 g/mol. The van der Waals surface area contributed by atoms with Crippen molar-refractivity contribution in [2.75, 3.05) is 30.8 Å². The van der Waals surface area contributed by atoms with Gasteiger partial charge in [-0.2, -0.15) is 0 Å². The van der Waals surface area contributed by atoms with Gasteiger partial charge in [-0.3, -0.25) is 14.4 Å². The third-order valence-corrected chi connectivity index (χ3v) is 7.55. The summed E-state index contributed by atoms with van der Waals surface area (Å²) in [4.78, 5) is 42.7. The Kier molecular flexibility index (Phi) is 7.61. The molecule has 4 rings (SSSR count). The first-order chi connectivity index (χ1) is 16.0. The number of piperidine rings is 1. The van der Waals surface area contributed by atoms with E-state index in [1.54, 1.807) is 23.1 Å². The molecule has 1 aliphatic heterocycles. The number of nitrogens with zero attached hydrogens (tertiary/aromatic N) is 2. The Morgan fingerprint density at radius 2 is 1.91 bits per heavy atom. The number of nitrogens with one attached hydrogen (secondary N) is 1. The van der Waals surface area contributed by atoms with E-state index >= 15 is 0 Å². The van der Waals surface area contributed by atoms with Crippen molar-refractivity contribution in [3.05, 3.63) is 54.1 Å². The molecule has 2 amide bonds. The topological polar surface area (TPSA) is 88.6 Å². The van der Waals surface area contributed by atoms with Gasteiger partial charge in [-0.15, -0.1) is 11.3 Å². The molecule has 0 bridgehead atoms. The summed E-state index contributed by atoms with van der Waals surface area (Å²) < 4.78 is 6.84. The molecule has 1 saturated heterocycles. The van der Waals surface area contributed by atoms with Crippen LogP contribution in [0.5, 0.6) is 0 Å². The Bertz CT molecular complexity index is 1140. The number of thiazole rings is 1. The molecule has 0 saturated carbocycles. The fourth-order valence-electron chi connectivity index (χ4n) is 3.71. The minimum absolute atomic E-state index is 0.0124. The number of rotatable bonds is 7. The number of carbonyl (C=O) groups excluding carboxylic acids is 3. The molecule has 2 aromatic carbocycles. The van der Waals surface area contributed by atoms with Gasteiger partial charge >= 0.3 is 5.97 Å². The molecule has 1 N–H and O–H groups in total. The number of hydrogen-bond donors (Lipinski definition) is 1. The molecule has 0 radical (unpaired) electrons. The lowest BCUT2D eigenvalue weighted by Gasteiger charge is -2.31. The zero-order chi connectivity index (χ0) is 23.2. The highest BCUT2D eigenvalue weighted by Crippen LogP contribution is 2.31. The smallest absolute Gasteiger partial charge is 0.302 e. The van der Waals surface area contributed by atoms with E-state index < -0.39 is 0 Å². The number of benzene rings is 2. The van der Waals surface area contributed by atoms with Crippen LogP contribution in [0.3, 0.4) is 0 Å². The van der Waals surface area contributed by atoms with Crippen LogP contribution >= 0.6 is 23.1 Å². The van der Waals surface area contributed by atoms with Gasteiger partial charge in [0.2, 0.25) is 5.91 Å². The molecule has 33 heavy (non-hydrogen) atoms. The van der Waals surface area contributed by atoms with Crippen molar-refractivity contribution in [3.63, 3.8) is 0 Å². The van der Waals surface area contributed by atoms with Gasteiger partial charge in [-0.1, -0.05) is 30.0 Å². The first kappa shape index (κ1) is 23.3. The number of thioether (sulfide) groups is 1. The fraction of sp³-hybridized carbons (Fsp3) is 0.333. The van der Waals surface area contributed by atoms with E-state index in [1.807, 2.05) is 53.4 Å². The molecule has 0 aliphatic carbocycles. The second kappa shape index (κ2) is 10.8. The molecule has 0 unspecified atom stereocenters. The van der Waals surface area contributed by atoms with Crippen molar-refractivity contribution < 1.29 is 19.1 Å². The van der Waals surface area contributed by atoms with E-state index in [2.05, 4.69) is 10.3 Å². The highest BCUT2D eigenvalue weighted by atomic mass is 32.2. The minimum Gasteiger partial charge on any atom is -0.465 e. The van der Waals surface area contributed by atoms with E-state index in [4.69, 9.17) is 4.74 Å². The van der Waals surface area contributed by atoms with Crippen LogP contribution < -0.4 is 5.32 Å². The lowest BCUT2D eigenvalue weighted by molar-refractivity contribution is -0.140. The summed E-state index contributed by atoms with van der Waals surface area (Å²) in [6.45, 7) is 2.90. The summed E-state index contributed by atoms with van der Waals surface area (Å²) in [5.41, 5.74) is 2.30. The van der Waals surface area contributed by atoms with Gasteiger partial charge in [0.1, 0.15) is 6.61 Å². The summed E-state index contributed by atoms with van der Waals surface area (Å²) >= 11 is 3.09. The number of likely N-dealkylation sites (tertiary alicyclic amines) is 1. The maximum absolute atomic E-state index is 12.8. The number of hydrogen-bond acceptors (Lipinski definition) is 7. The second-order valence-electron chi connectivity index (χ2n) is 7.77. The van der Waals surface area contributed by atoms with E-state index in [0.717, 1.165) is 20.2 Å². The van der Waals surface area contributed by atoms with E-state index in [0.29, 0.717) is 43.9 Å². The molecule has 9 heteroatoms. The van der Waals surface area contributed by atoms with Crippen LogP contribution in [0.25, 0.3) is 10.2 Å². The Morgan fingerprint density at radius 3 is 2.64 bits per heavy atom. The molecule has 0 spiro atoms. The second-order valence-corrected chi connectivity index (χ2v) is 10.1. The lowest BCUT2D eigenvalue weighted by atomic mass is 9.95. The van der Waals surface area contributed by atoms with Crippen LogP contribution in [0.4, 0.5) is 5.69 Å². The Balaban J connectivity index is 1.29. The van der Waals surface area contributed by atoms with Gasteiger partial charge in [0.05, 0.1) is 10.2 Å². The average Bonchev–Trinajstić information content (AvgIpc) is 3.24. The van der Waals surface area contributed by atoms with Gasteiger partial charge in [0, 0.05) is 42.9 Å². The summed E-state index contributed by atoms with van der Waals surface area (Å²) in [6.07, 6.45) is 1.30. The van der Waals surface area contributed by atoms with E-state index in [9.17, 15) is 14.4 Å². The minimum atomic E-state index is -0.284. The summed E-state index contributed by atoms with van der Waals surface area (Å²) in [7, 11) is 0. The van der Waals surface area contributed by atoms with Gasteiger partial charge in [0.15, 0.2) is 4.34 Å². The molecule has 7 nitrogen and oxygen atoms in total. The van der Waals surface area contributed by atoms with Crippen LogP contribution in [0.15, 0.2) is 52.9 Å². The standard InChI is InChI=1S/C24H25N3O4S2/c1-16(28)31-13-14-32-24-26-20-8-7-19(15-21(20)33-24)25-22(29)17-9-11-27(12-10-17)23(30)18-5-3-2-4-6-18/h2-8,15,17H,9-14H2,1H3,(H,25,29). The molecule has 1 aromatic heterocycles. The maximum Gasteiger partial charge on any atom is 0.302 e. The Labute approximate surface area is 200 Å². The van der Waals surface area contributed by atoms with Crippen LogP contribution in [0.1, 0.15) is 30.1 Å². The molecular weight excluding hydrogens is 458 g/mol. The molecule has 0 atom stereocenters. The van der Waals surface area contributed by atoms with E-state index in [1.165, 1.54) is 6.92 Å². The average molecular weight is 484 g/mol. The van der Waals surface area contributed by atoms with Crippen LogP contribution in [0.2, 0.25) is 0 Å². The largest absolute Gasteiger partial charge is 0.465 e. The molecular formula is C24H25N3O4S2. The predicted molar refractivity (Wildman–Crippen MR) is 131 cm³/mol. The number of ether oxygens (including phenoxy) is 1. The number of fused-ring (bicyclic) bond motifs is 1. The van der Waals surface area contributed by atoms with Gasteiger partial charge in [-0.25, -0.2) is 4.98 Å². The number of amides is 2. The van der Waals surface area contributed by atoms with Crippen molar-refractivity contribution in [2.45, 2.75) is 24.1 Å². The number of carbonyl (C=O) groups is 3. The maximum atomic E-state index is 12.8. The van der Waals surface area contributed by atoms with E-state index in [-0.39, 0.29) is 23.7 Å². The zero-order valence-electron chi connectivity index (χ0n) is 18.3. The van der Waals surface area contributed by atoms with Crippen molar-refractivity contribution in [1.29, 1.82) is 0 Å². The normalized spacial score (nSPS) is 14.3. The molecule has 1 aliphatic rings. The van der Waals surface area contributed by atoms with Crippen molar-refractivity contribution in [3.8, 4) is 0 Å². The Morgan fingerprint density at radius 1 is 1.15 bits per heavy atom. The molecule has 3 aromatic rings. The summed E-state index contributed by atoms with van der Waals surface area (Å²) in [5.74, 6) is 0.255. The van der Waals surface area contributed by atoms with Crippen molar-refractivity contribution >= 4 is 56.8 Å². The highest BCUT2D eigenvalue weighted by molar-refractivity contribution is 8.01. The SMILES string of the molecule is CC(=O)OCCSc1nc2ccc(NC(=O)C3CCN(C(=O)c4ccccc4)CC3)cc2s1. The third kappa shape index (κ3) is 6.11. The van der Waals surface area contributed by atoms with Crippen molar-refractivity contribution in [1.82, 2.24) is 9.88 Å². The third-order valence-electron chi connectivity index (χ3n) is 5.42. The van der Waals surface area contributed by atoms with Crippen molar-refractivity contribution in [2.24, 2.45) is 5.92 Å². The first-order valence-electron chi connectivity index (χ1n) is 10.8. The van der Waals surface area contributed by atoms with Crippen LogP contribution in [-0.2, 0) is 14.3 Å². The Hall–Kier alpha value is -2.91. The predicted octanol–water partition coefficient (Wildman–Crippen LogP) is 4.44. The zero-order valence-corrected chi connectivity index (χ0v) is 19.9. The number of aromatic nitrogens is 1. The molecule has 172 valence electrons. The fourth-order valence-corrected chi connectivity index (χ4v) is 5.71. The molecule has 1 fully saturated rings. The lowest BCUT2D eigenvalue weighted by Crippen LogP contribution is -2.41. The highest BCUT2D eigenvalue weighted by Gasteiger charge is 2.28. The first-order valence-corrected chi connectivity index (χ1v) is 12.6. The molecule has 2 heterocycles.